The Morgan fingerprint density at radius 2 is 1.68 bits per heavy atom. The van der Waals surface area contributed by atoms with Crippen LogP contribution in [0.1, 0.15) is 115 Å². The number of likely N-dealkylation sites (N-methyl/N-ethyl adjacent to an activating group) is 2. The van der Waals surface area contributed by atoms with Gasteiger partial charge in [0.2, 0.25) is 17.7 Å². The van der Waals surface area contributed by atoms with Crippen molar-refractivity contribution >= 4 is 23.7 Å². The predicted octanol–water partition coefficient (Wildman–Crippen LogP) is 3.30. The second kappa shape index (κ2) is 19.4. The van der Waals surface area contributed by atoms with Gasteiger partial charge < -0.3 is 58.7 Å². The van der Waals surface area contributed by atoms with Crippen molar-refractivity contribution in [3.8, 4) is 0 Å². The van der Waals surface area contributed by atoms with E-state index in [9.17, 15) is 24.6 Å². The fourth-order valence-electron chi connectivity index (χ4n) is 10.2. The molecule has 3 N–H and O–H groups in total. The van der Waals surface area contributed by atoms with E-state index in [1.807, 2.05) is 60.4 Å². The molecule has 17 atom stereocenters. The minimum absolute atomic E-state index is 0.0102. The Labute approximate surface area is 358 Å². The van der Waals surface area contributed by atoms with Crippen molar-refractivity contribution in [1.82, 2.24) is 20.0 Å². The first-order valence-corrected chi connectivity index (χ1v) is 22.4. The number of aliphatic hydroxyl groups is 2. The molecule has 0 aromatic carbocycles. The quantitative estimate of drug-likeness (QED) is 0.325. The number of carbonyl (C=O) groups excluding carboxylic acids is 3. The highest BCUT2D eigenvalue weighted by Crippen LogP contribution is 2.41. The van der Waals surface area contributed by atoms with Crippen LogP contribution < -0.4 is 5.32 Å². The predicted molar refractivity (Wildman–Crippen MR) is 225 cm³/mol. The minimum Gasteiger partial charge on any atom is -0.454 e. The molecule has 5 fully saturated rings. The van der Waals surface area contributed by atoms with E-state index in [-0.39, 0.29) is 54.7 Å². The summed E-state index contributed by atoms with van der Waals surface area (Å²) in [6, 6.07) is -1.18. The highest BCUT2D eigenvalue weighted by Gasteiger charge is 2.54. The van der Waals surface area contributed by atoms with Gasteiger partial charge in [0, 0.05) is 52.7 Å². The topological polar surface area (TPSA) is 181 Å². The standard InChI is InChI=1S/C44H77N5O11/c1-15-25(5)33-40(53)49-18-16-17-30(49)39(52)47(12)22-24(4)20-43(10,54)37(60-41-35-31(19-26(6)56-41)48(13)42(59-35)45-23(2)3)27(7)34(28(8)38(51)46-33)58-32-21-44(11,55-14)36(50)29(9)57-32/h23-37,41,50,54H,15-22H2,1-14H3,(H,46,51)/t24-,25+,26-,27+,28-,29+,30+,31+,32+,33?,34+,35-,36+,37-,41+,43-,44-/m1/s1. The van der Waals surface area contributed by atoms with E-state index < -0.39 is 84.1 Å². The first kappa shape index (κ1) is 48.4. The van der Waals surface area contributed by atoms with Crippen LogP contribution in [0.2, 0.25) is 0 Å². The van der Waals surface area contributed by atoms with Crippen molar-refractivity contribution < 1.29 is 53.0 Å². The summed E-state index contributed by atoms with van der Waals surface area (Å²) in [5.41, 5.74) is -2.58. The summed E-state index contributed by atoms with van der Waals surface area (Å²) in [4.78, 5) is 53.3. The number of nitrogens with one attached hydrogen (secondary N) is 1. The monoisotopic (exact) mass is 852 g/mol. The zero-order chi connectivity index (χ0) is 44.6. The molecule has 1 unspecified atom stereocenters. The van der Waals surface area contributed by atoms with Crippen LogP contribution in [0.15, 0.2) is 4.99 Å². The lowest BCUT2D eigenvalue weighted by atomic mass is 9.77. The maximum Gasteiger partial charge on any atom is 0.288 e. The number of amides is 3. The molecule has 0 spiro atoms. The van der Waals surface area contributed by atoms with Crippen LogP contribution in [-0.2, 0) is 42.8 Å². The Morgan fingerprint density at radius 3 is 2.32 bits per heavy atom. The maximum absolute atomic E-state index is 14.7. The second-order valence-electron chi connectivity index (χ2n) is 19.5. The van der Waals surface area contributed by atoms with E-state index in [1.54, 1.807) is 44.5 Å². The van der Waals surface area contributed by atoms with Crippen LogP contribution >= 0.6 is 0 Å². The van der Waals surface area contributed by atoms with Gasteiger partial charge in [-0.05, 0) is 79.1 Å². The van der Waals surface area contributed by atoms with E-state index in [2.05, 4.69) is 5.32 Å². The molecule has 5 heterocycles. The molecule has 5 saturated heterocycles. The summed E-state index contributed by atoms with van der Waals surface area (Å²) in [5, 5.41) is 27.0. The van der Waals surface area contributed by atoms with Gasteiger partial charge >= 0.3 is 0 Å². The van der Waals surface area contributed by atoms with E-state index in [0.717, 1.165) is 0 Å². The number of amidine groups is 1. The highest BCUT2D eigenvalue weighted by atomic mass is 16.7. The fraction of sp³-hybridized carbons (Fsp3) is 0.909. The molecule has 0 saturated carbocycles. The van der Waals surface area contributed by atoms with Crippen molar-refractivity contribution in [1.29, 1.82) is 0 Å². The Kier molecular flexibility index (Phi) is 15.7. The molecular formula is C44H77N5O11. The smallest absolute Gasteiger partial charge is 0.288 e. The Morgan fingerprint density at radius 1 is 1.00 bits per heavy atom. The van der Waals surface area contributed by atoms with Crippen LogP contribution in [0.4, 0.5) is 0 Å². The summed E-state index contributed by atoms with van der Waals surface area (Å²) in [7, 11) is 5.23. The van der Waals surface area contributed by atoms with Gasteiger partial charge in [-0.2, -0.15) is 0 Å². The number of ether oxygens (including phenoxy) is 6. The van der Waals surface area contributed by atoms with E-state index in [4.69, 9.17) is 33.4 Å². The molecule has 0 aromatic heterocycles. The molecule has 0 aliphatic carbocycles. The third-order valence-corrected chi connectivity index (χ3v) is 13.9. The van der Waals surface area contributed by atoms with E-state index in [1.165, 1.54) is 7.11 Å². The molecule has 344 valence electrons. The molecule has 0 aromatic rings. The third kappa shape index (κ3) is 10.3. The van der Waals surface area contributed by atoms with E-state index in [0.29, 0.717) is 44.8 Å². The minimum atomic E-state index is -1.57. The maximum atomic E-state index is 14.7. The first-order chi connectivity index (χ1) is 28.0. The Hall–Kier alpha value is -2.60. The normalized spacial score (nSPS) is 43.9. The molecule has 0 radical (unpaired) electrons. The second-order valence-corrected chi connectivity index (χ2v) is 19.5. The van der Waals surface area contributed by atoms with Crippen LogP contribution in [0.3, 0.4) is 0 Å². The van der Waals surface area contributed by atoms with E-state index >= 15 is 0 Å². The molecule has 5 aliphatic rings. The zero-order valence-corrected chi connectivity index (χ0v) is 38.8. The van der Waals surface area contributed by atoms with Crippen molar-refractivity contribution in [3.05, 3.63) is 0 Å². The molecule has 5 aliphatic heterocycles. The molecule has 3 amide bonds. The molecule has 16 nitrogen and oxygen atoms in total. The van der Waals surface area contributed by atoms with Gasteiger partial charge in [0.05, 0.1) is 47.6 Å². The van der Waals surface area contributed by atoms with Gasteiger partial charge in [-0.3, -0.25) is 14.4 Å². The molecular weight excluding hydrogens is 775 g/mol. The number of methoxy groups -OCH3 is 1. The van der Waals surface area contributed by atoms with Crippen molar-refractivity contribution in [2.75, 3.05) is 34.3 Å². The number of aliphatic hydroxyl groups excluding tert-OH is 1. The lowest BCUT2D eigenvalue weighted by Crippen LogP contribution is -2.61. The van der Waals surface area contributed by atoms with Crippen LogP contribution in [0.25, 0.3) is 0 Å². The number of hydrogen-bond donors (Lipinski definition) is 3. The zero-order valence-electron chi connectivity index (χ0n) is 38.8. The lowest BCUT2D eigenvalue weighted by molar-refractivity contribution is -0.313. The number of nitrogens with zero attached hydrogens (tertiary/aromatic N) is 4. The number of rotatable bonds is 8. The van der Waals surface area contributed by atoms with Gasteiger partial charge in [-0.1, -0.05) is 41.0 Å². The number of carbonyl (C=O) groups is 3. The Balaban J connectivity index is 1.61. The summed E-state index contributed by atoms with van der Waals surface area (Å²) in [5.74, 6) is -2.97. The molecule has 5 rings (SSSR count). The number of fused-ring (bicyclic) bond motifs is 2. The van der Waals surface area contributed by atoms with Gasteiger partial charge in [-0.15, -0.1) is 0 Å². The van der Waals surface area contributed by atoms with Crippen LogP contribution in [0.5, 0.6) is 0 Å². The molecule has 16 heteroatoms. The largest absolute Gasteiger partial charge is 0.454 e. The first-order valence-electron chi connectivity index (χ1n) is 22.4. The average Bonchev–Trinajstić information content (AvgIpc) is 3.79. The highest BCUT2D eigenvalue weighted by molar-refractivity contribution is 5.93. The SMILES string of the molecule is CC[C@H](C)C1NC(=O)[C@H](C)[C@@H](O[C@H]2C[C@@](C)(OC)[C@@H](O)[C@H](C)O2)[C@H](C)[C@@H](O[C@@H]2O[C@H](C)C[C@H]3[C@H]2OC(=NC(C)C)N3C)[C@](C)(O)C[C@@H](C)CN(C)C(=O)[C@@H]2CCCN2C1=O. The summed E-state index contributed by atoms with van der Waals surface area (Å²) in [6.45, 7) is 21.5. The Bertz CT molecular complexity index is 1530. The van der Waals surface area contributed by atoms with Gasteiger partial charge in [0.1, 0.15) is 18.2 Å². The van der Waals surface area contributed by atoms with Crippen molar-refractivity contribution in [2.45, 2.75) is 199 Å². The number of hydrogen-bond acceptors (Lipinski definition) is 12. The van der Waals surface area contributed by atoms with Gasteiger partial charge in [0.25, 0.3) is 6.02 Å². The lowest BCUT2D eigenvalue weighted by Gasteiger charge is -2.48. The third-order valence-electron chi connectivity index (χ3n) is 13.9. The summed E-state index contributed by atoms with van der Waals surface area (Å²) in [6.07, 6.45) is -3.39. The summed E-state index contributed by atoms with van der Waals surface area (Å²) >= 11 is 0. The van der Waals surface area contributed by atoms with Gasteiger partial charge in [0.15, 0.2) is 18.7 Å². The van der Waals surface area contributed by atoms with Crippen molar-refractivity contribution in [2.24, 2.45) is 28.7 Å². The summed E-state index contributed by atoms with van der Waals surface area (Å²) < 4.78 is 39.1. The van der Waals surface area contributed by atoms with Gasteiger partial charge in [-0.25, -0.2) is 4.99 Å². The fourth-order valence-corrected chi connectivity index (χ4v) is 10.2. The number of aliphatic imine (C=N–C) groups is 1. The van der Waals surface area contributed by atoms with Crippen LogP contribution in [-0.4, -0.2) is 168 Å². The van der Waals surface area contributed by atoms with Crippen LogP contribution in [0, 0.1) is 23.7 Å². The molecule has 60 heavy (non-hydrogen) atoms. The average molecular weight is 852 g/mol. The molecule has 0 bridgehead atoms. The van der Waals surface area contributed by atoms with Crippen molar-refractivity contribution in [3.63, 3.8) is 0 Å².